The van der Waals surface area contributed by atoms with Gasteiger partial charge in [-0.3, -0.25) is 0 Å². The van der Waals surface area contributed by atoms with E-state index < -0.39 is 35.4 Å². The molecule has 0 amide bonds. The van der Waals surface area contributed by atoms with Crippen LogP contribution in [-0.4, -0.2) is 51.5 Å². The van der Waals surface area contributed by atoms with Gasteiger partial charge in [0.2, 0.25) is 0 Å². The number of hydrogen-bond donors (Lipinski definition) is 1. The molecule has 0 saturated carbocycles. The van der Waals surface area contributed by atoms with Gasteiger partial charge in [0.1, 0.15) is 0 Å². The number of rotatable bonds is 7. The highest BCUT2D eigenvalue weighted by Crippen LogP contribution is 2.44. The predicted octanol–water partition coefficient (Wildman–Crippen LogP) is 1.12. The lowest BCUT2D eigenvalue weighted by Gasteiger charge is -2.27. The van der Waals surface area contributed by atoms with Crippen LogP contribution in [0.15, 0.2) is 35.2 Å². The van der Waals surface area contributed by atoms with E-state index in [1.165, 1.54) is 25.7 Å². The Balaban J connectivity index is 0.000000758. The van der Waals surface area contributed by atoms with E-state index in [1.54, 1.807) is 4.90 Å². The van der Waals surface area contributed by atoms with Crippen molar-refractivity contribution in [1.82, 2.24) is 0 Å². The van der Waals surface area contributed by atoms with Crippen LogP contribution in [0.25, 0.3) is 0 Å². The van der Waals surface area contributed by atoms with E-state index in [4.69, 9.17) is 0 Å². The van der Waals surface area contributed by atoms with Crippen LogP contribution in [0.3, 0.4) is 0 Å². The first-order chi connectivity index (χ1) is 11.7. The molecule has 152 valence electrons. The van der Waals surface area contributed by atoms with Crippen molar-refractivity contribution in [2.24, 2.45) is 0 Å². The Morgan fingerprint density at radius 2 is 1.23 bits per heavy atom. The number of quaternary nitrogens is 1. The molecule has 0 saturated heterocycles. The fourth-order valence-electron chi connectivity index (χ4n) is 1.80. The Labute approximate surface area is 150 Å². The second-order valence-electron chi connectivity index (χ2n) is 5.11. The summed E-state index contributed by atoms with van der Waals surface area (Å²) in [6.07, 6.45) is 0. The molecule has 0 radical (unpaired) electrons. The topological polar surface area (TPSA) is 95.8 Å². The molecule has 0 bridgehead atoms. The Bertz CT molecular complexity index is 758. The molecule has 0 aliphatic rings. The van der Waals surface area contributed by atoms with E-state index in [1.807, 2.05) is 0 Å². The molecular formula is C14H21F4NO5S2. The van der Waals surface area contributed by atoms with Crippen molar-refractivity contribution in [1.29, 1.82) is 0 Å². The van der Waals surface area contributed by atoms with Gasteiger partial charge < -0.3 is 9.45 Å². The SMILES string of the molecule is CC[NH+](CC)CC.O=S(=O)([O-])C(F)(F)C(F)(F)S(=O)(=O)c1ccccc1. The van der Waals surface area contributed by atoms with Crippen LogP contribution >= 0.6 is 0 Å². The summed E-state index contributed by atoms with van der Waals surface area (Å²) in [4.78, 5) is 0.448. The quantitative estimate of drug-likeness (QED) is 0.524. The smallest absolute Gasteiger partial charge is 0.425 e. The number of nitrogens with one attached hydrogen (secondary N) is 1. The molecule has 0 aromatic heterocycles. The molecule has 0 aliphatic heterocycles. The van der Waals surface area contributed by atoms with Gasteiger partial charge in [0.15, 0.2) is 10.1 Å². The zero-order chi connectivity index (χ0) is 20.8. The summed E-state index contributed by atoms with van der Waals surface area (Å²) in [5.41, 5.74) is 0. The van der Waals surface area contributed by atoms with Crippen LogP contribution in [-0.2, 0) is 20.0 Å². The number of hydrogen-bond acceptors (Lipinski definition) is 5. The molecule has 0 atom stereocenters. The maximum Gasteiger partial charge on any atom is 0.425 e. The Hall–Kier alpha value is -1.24. The highest BCUT2D eigenvalue weighted by atomic mass is 32.2. The summed E-state index contributed by atoms with van der Waals surface area (Å²) < 4.78 is 105. The minimum absolute atomic E-state index is 0.566. The monoisotopic (exact) mass is 423 g/mol. The number of benzene rings is 1. The summed E-state index contributed by atoms with van der Waals surface area (Å²) in [6.45, 7) is 10.5. The van der Waals surface area contributed by atoms with Crippen LogP contribution in [0.4, 0.5) is 17.6 Å². The normalized spacial score (nSPS) is 13.3. The van der Waals surface area contributed by atoms with E-state index in [0.717, 1.165) is 12.1 Å². The summed E-state index contributed by atoms with van der Waals surface area (Å²) in [7, 11) is -12.9. The number of halogens is 4. The minimum atomic E-state index is -6.86. The maximum atomic E-state index is 13.2. The van der Waals surface area contributed by atoms with Gasteiger partial charge in [-0.25, -0.2) is 16.8 Å². The molecule has 6 nitrogen and oxygen atoms in total. The molecule has 12 heteroatoms. The van der Waals surface area contributed by atoms with Crippen molar-refractivity contribution in [2.45, 2.75) is 36.2 Å². The largest absolute Gasteiger partial charge is 0.743 e. The molecule has 1 aromatic carbocycles. The van der Waals surface area contributed by atoms with E-state index in [0.29, 0.717) is 12.1 Å². The Morgan fingerprint density at radius 1 is 0.846 bits per heavy atom. The summed E-state index contributed by atoms with van der Waals surface area (Å²) in [5, 5.41) is -12.4. The Morgan fingerprint density at radius 3 is 1.50 bits per heavy atom. The zero-order valence-corrected chi connectivity index (χ0v) is 16.0. The molecule has 0 aliphatic carbocycles. The molecule has 1 aromatic rings. The van der Waals surface area contributed by atoms with Crippen LogP contribution in [0.2, 0.25) is 0 Å². The fourth-order valence-corrected chi connectivity index (χ4v) is 3.85. The summed E-state index contributed by atoms with van der Waals surface area (Å²) in [5.74, 6) is 0. The molecule has 0 unspecified atom stereocenters. The highest BCUT2D eigenvalue weighted by molar-refractivity contribution is 7.94. The molecular weight excluding hydrogens is 402 g/mol. The molecule has 1 N–H and O–H groups in total. The van der Waals surface area contributed by atoms with Crippen molar-refractivity contribution in [3.8, 4) is 0 Å². The van der Waals surface area contributed by atoms with Gasteiger partial charge in [-0.05, 0) is 32.9 Å². The van der Waals surface area contributed by atoms with Crippen LogP contribution in [0, 0.1) is 0 Å². The molecule has 0 spiro atoms. The van der Waals surface area contributed by atoms with E-state index in [2.05, 4.69) is 20.8 Å². The summed E-state index contributed by atoms with van der Waals surface area (Å²) >= 11 is 0. The standard InChI is InChI=1S/C8H6F4O5S2.C6H15N/c9-7(10,8(11,12)19(15,16)17)18(13,14)6-4-2-1-3-5-6;1-4-7(5-2)6-3/h1-5H,(H,15,16,17);4-6H2,1-3H3. The minimum Gasteiger partial charge on any atom is -0.743 e. The van der Waals surface area contributed by atoms with Gasteiger partial charge in [-0.15, -0.1) is 0 Å². The first-order valence-corrected chi connectivity index (χ1v) is 10.4. The van der Waals surface area contributed by atoms with E-state index in [9.17, 15) is 39.0 Å². The Kier molecular flexibility index (Phi) is 8.67. The van der Waals surface area contributed by atoms with E-state index >= 15 is 0 Å². The third-order valence-electron chi connectivity index (χ3n) is 3.54. The van der Waals surface area contributed by atoms with Gasteiger partial charge >= 0.3 is 10.5 Å². The lowest BCUT2D eigenvalue weighted by molar-refractivity contribution is -0.894. The van der Waals surface area contributed by atoms with Gasteiger partial charge in [-0.1, -0.05) is 18.2 Å². The van der Waals surface area contributed by atoms with Gasteiger partial charge in [0, 0.05) is 0 Å². The highest BCUT2D eigenvalue weighted by Gasteiger charge is 2.70. The van der Waals surface area contributed by atoms with Gasteiger partial charge in [0.25, 0.3) is 9.84 Å². The lowest BCUT2D eigenvalue weighted by Crippen LogP contribution is -3.11. The average molecular weight is 423 g/mol. The second kappa shape index (κ2) is 9.11. The number of alkyl halides is 4. The zero-order valence-electron chi connectivity index (χ0n) is 14.4. The molecule has 0 fully saturated rings. The van der Waals surface area contributed by atoms with Gasteiger partial charge in [0.05, 0.1) is 24.5 Å². The lowest BCUT2D eigenvalue weighted by atomic mass is 10.4. The van der Waals surface area contributed by atoms with Crippen molar-refractivity contribution < 1.29 is 43.8 Å². The van der Waals surface area contributed by atoms with Crippen molar-refractivity contribution in [2.75, 3.05) is 19.6 Å². The third kappa shape index (κ3) is 5.15. The summed E-state index contributed by atoms with van der Waals surface area (Å²) in [6, 6.07) is 4.28. The van der Waals surface area contributed by atoms with Gasteiger partial charge in [-0.2, -0.15) is 17.6 Å². The molecule has 1 rings (SSSR count). The van der Waals surface area contributed by atoms with Crippen molar-refractivity contribution >= 4 is 20.0 Å². The molecule has 26 heavy (non-hydrogen) atoms. The first kappa shape index (κ1) is 24.8. The second-order valence-corrected chi connectivity index (χ2v) is 8.53. The van der Waals surface area contributed by atoms with Crippen LogP contribution in [0.1, 0.15) is 20.8 Å². The first-order valence-electron chi connectivity index (χ1n) is 7.54. The third-order valence-corrected chi connectivity index (χ3v) is 6.38. The fraction of sp³-hybridized carbons (Fsp3) is 0.571. The molecule has 0 heterocycles. The van der Waals surface area contributed by atoms with Crippen molar-refractivity contribution in [3.05, 3.63) is 30.3 Å². The predicted molar refractivity (Wildman–Crippen MR) is 85.8 cm³/mol. The number of sulfone groups is 1. The van der Waals surface area contributed by atoms with E-state index in [-0.39, 0.29) is 0 Å². The van der Waals surface area contributed by atoms with Crippen LogP contribution in [0.5, 0.6) is 0 Å². The van der Waals surface area contributed by atoms with Crippen molar-refractivity contribution in [3.63, 3.8) is 0 Å². The van der Waals surface area contributed by atoms with Crippen LogP contribution < -0.4 is 4.90 Å². The average Bonchev–Trinajstić information content (AvgIpc) is 2.56. The maximum absolute atomic E-state index is 13.2.